The number of aliphatic hydroxyl groups excluding tert-OH is 1. The Kier molecular flexibility index (Phi) is 6.06. The number of quaternary nitrogens is 1. The lowest BCUT2D eigenvalue weighted by Crippen LogP contribution is -3.00. The van der Waals surface area contributed by atoms with Crippen molar-refractivity contribution < 1.29 is 32.8 Å². The van der Waals surface area contributed by atoms with Crippen LogP contribution in [0.15, 0.2) is 29.4 Å². The van der Waals surface area contributed by atoms with Gasteiger partial charge in [0.2, 0.25) is 0 Å². The molecule has 0 heterocycles. The smallest absolute Gasteiger partial charge is 0.148 e. The van der Waals surface area contributed by atoms with Gasteiger partial charge in [0.1, 0.15) is 30.7 Å². The Labute approximate surface area is 136 Å². The molecule has 0 spiro atoms. The van der Waals surface area contributed by atoms with Gasteiger partial charge < -0.3 is 32.8 Å². The molecule has 0 aromatic heterocycles. The first-order valence-corrected chi connectivity index (χ1v) is 7.72. The molecule has 122 valence electrons. The minimum atomic E-state index is -0.554. The molecule has 22 heavy (non-hydrogen) atoms. The second-order valence-corrected chi connectivity index (χ2v) is 6.05. The maximum atomic E-state index is 9.91. The number of phenols is 1. The van der Waals surface area contributed by atoms with Gasteiger partial charge in [0.25, 0.3) is 0 Å². The van der Waals surface area contributed by atoms with Crippen LogP contribution in [-0.4, -0.2) is 35.2 Å². The van der Waals surface area contributed by atoms with Crippen molar-refractivity contribution in [3.05, 3.63) is 24.3 Å². The SMILES string of the molecule is Oc1ccc([NH2+]CC(O)CON=C(C2CC2)C2CC2)cc1.[Cl-]. The summed E-state index contributed by atoms with van der Waals surface area (Å²) in [6, 6.07) is 6.91. The fourth-order valence-corrected chi connectivity index (χ4v) is 2.39. The highest BCUT2D eigenvalue weighted by molar-refractivity contribution is 5.92. The molecular weight excluding hydrogens is 304 g/mol. The summed E-state index contributed by atoms with van der Waals surface area (Å²) in [5.74, 6) is 1.55. The van der Waals surface area contributed by atoms with Crippen molar-refractivity contribution in [2.45, 2.75) is 31.8 Å². The van der Waals surface area contributed by atoms with Gasteiger partial charge in [0.05, 0.1) is 5.71 Å². The zero-order valence-electron chi connectivity index (χ0n) is 12.5. The highest BCUT2D eigenvalue weighted by Gasteiger charge is 2.38. The molecule has 0 aliphatic heterocycles. The van der Waals surface area contributed by atoms with E-state index in [1.807, 2.05) is 17.4 Å². The zero-order chi connectivity index (χ0) is 14.7. The Hall–Kier alpha value is -1.30. The van der Waals surface area contributed by atoms with E-state index in [-0.39, 0.29) is 24.8 Å². The molecule has 0 saturated heterocycles. The summed E-state index contributed by atoms with van der Waals surface area (Å²) >= 11 is 0. The molecule has 2 aliphatic carbocycles. The third kappa shape index (κ3) is 5.16. The summed E-state index contributed by atoms with van der Waals surface area (Å²) < 4.78 is 0. The molecule has 1 aromatic rings. The average Bonchev–Trinajstić information content (AvgIpc) is 3.37. The molecule has 0 amide bonds. The Morgan fingerprint density at radius 1 is 1.18 bits per heavy atom. The molecule has 6 heteroatoms. The normalized spacial score (nSPS) is 18.2. The minimum Gasteiger partial charge on any atom is -1.00 e. The van der Waals surface area contributed by atoms with Crippen molar-refractivity contribution in [2.75, 3.05) is 13.2 Å². The van der Waals surface area contributed by atoms with Crippen molar-refractivity contribution in [3.8, 4) is 5.75 Å². The van der Waals surface area contributed by atoms with E-state index < -0.39 is 6.10 Å². The summed E-state index contributed by atoms with van der Waals surface area (Å²) in [7, 11) is 0. The van der Waals surface area contributed by atoms with Crippen LogP contribution in [0.3, 0.4) is 0 Å². The second-order valence-electron chi connectivity index (χ2n) is 6.05. The first-order valence-electron chi connectivity index (χ1n) is 7.72. The van der Waals surface area contributed by atoms with Crippen LogP contribution in [0.25, 0.3) is 0 Å². The maximum Gasteiger partial charge on any atom is 0.148 e. The monoisotopic (exact) mass is 326 g/mol. The summed E-state index contributed by atoms with van der Waals surface area (Å²) in [6.07, 6.45) is 4.43. The fourth-order valence-electron chi connectivity index (χ4n) is 2.39. The Morgan fingerprint density at radius 3 is 2.32 bits per heavy atom. The third-order valence-corrected chi connectivity index (χ3v) is 3.95. The number of nitrogens with zero attached hydrogens (tertiary/aromatic N) is 1. The molecule has 0 bridgehead atoms. The first kappa shape index (κ1) is 17.1. The lowest BCUT2D eigenvalue weighted by molar-refractivity contribution is -0.580. The molecule has 3 rings (SSSR count). The predicted octanol–water partition coefficient (Wildman–Crippen LogP) is -1.86. The maximum absolute atomic E-state index is 9.91. The van der Waals surface area contributed by atoms with E-state index in [0.29, 0.717) is 18.4 Å². The molecule has 1 atom stereocenters. The minimum absolute atomic E-state index is 0. The van der Waals surface area contributed by atoms with Crippen LogP contribution in [0, 0.1) is 11.8 Å². The number of aromatic hydroxyl groups is 1. The standard InChI is InChI=1S/C16H22N2O3.ClH/c19-14-7-5-13(6-8-14)17-9-15(20)10-21-18-16(11-1-2-11)12-3-4-12;/h5-8,11-12,15,17,19-20H,1-4,9-10H2;1H. The number of phenolic OH excluding ortho intramolecular Hbond substituents is 1. The van der Waals surface area contributed by atoms with E-state index in [0.717, 1.165) is 5.69 Å². The molecule has 2 fully saturated rings. The number of hydrogen-bond donors (Lipinski definition) is 3. The summed E-state index contributed by atoms with van der Waals surface area (Å²) in [5, 5.41) is 25.3. The molecule has 1 unspecified atom stereocenters. The lowest BCUT2D eigenvalue weighted by atomic mass is 10.2. The number of nitrogens with two attached hydrogens (primary N) is 1. The van der Waals surface area contributed by atoms with Gasteiger partial charge in [-0.25, -0.2) is 0 Å². The van der Waals surface area contributed by atoms with Gasteiger partial charge in [0.15, 0.2) is 0 Å². The van der Waals surface area contributed by atoms with Gasteiger partial charge in [-0.05, 0) is 37.8 Å². The van der Waals surface area contributed by atoms with Gasteiger partial charge in [-0.3, -0.25) is 0 Å². The van der Waals surface area contributed by atoms with E-state index in [1.165, 1.54) is 31.4 Å². The Morgan fingerprint density at radius 2 is 1.77 bits per heavy atom. The third-order valence-electron chi connectivity index (χ3n) is 3.95. The Balaban J connectivity index is 0.00000176. The topological polar surface area (TPSA) is 78.7 Å². The molecule has 1 aromatic carbocycles. The van der Waals surface area contributed by atoms with Crippen LogP contribution in [0.4, 0.5) is 5.69 Å². The fraction of sp³-hybridized carbons (Fsp3) is 0.562. The molecule has 0 radical (unpaired) electrons. The summed E-state index contributed by atoms with van der Waals surface area (Å²) in [4.78, 5) is 5.35. The highest BCUT2D eigenvalue weighted by Crippen LogP contribution is 2.42. The van der Waals surface area contributed by atoms with Gasteiger partial charge in [-0.15, -0.1) is 0 Å². The van der Waals surface area contributed by atoms with Gasteiger partial charge in [-0.1, -0.05) is 5.16 Å². The van der Waals surface area contributed by atoms with Crippen LogP contribution in [0.2, 0.25) is 0 Å². The van der Waals surface area contributed by atoms with E-state index in [2.05, 4.69) is 5.16 Å². The molecule has 5 nitrogen and oxygen atoms in total. The second kappa shape index (κ2) is 7.81. The highest BCUT2D eigenvalue weighted by atomic mass is 35.5. The van der Waals surface area contributed by atoms with Gasteiger partial charge in [-0.2, -0.15) is 0 Å². The van der Waals surface area contributed by atoms with Gasteiger partial charge >= 0.3 is 0 Å². The van der Waals surface area contributed by atoms with Crippen LogP contribution in [0.5, 0.6) is 5.75 Å². The van der Waals surface area contributed by atoms with Crippen LogP contribution in [0.1, 0.15) is 25.7 Å². The summed E-state index contributed by atoms with van der Waals surface area (Å²) in [5.41, 5.74) is 2.21. The predicted molar refractivity (Wildman–Crippen MR) is 79.4 cm³/mol. The van der Waals surface area contributed by atoms with Crippen molar-refractivity contribution in [1.29, 1.82) is 0 Å². The number of benzene rings is 1. The number of aliphatic hydroxyl groups is 1. The van der Waals surface area contributed by atoms with E-state index in [1.54, 1.807) is 12.1 Å². The van der Waals surface area contributed by atoms with Crippen LogP contribution < -0.4 is 17.7 Å². The number of halogens is 1. The largest absolute Gasteiger partial charge is 1.00 e. The number of rotatable bonds is 8. The molecule has 4 N–H and O–H groups in total. The molecule has 2 aliphatic rings. The van der Waals surface area contributed by atoms with E-state index >= 15 is 0 Å². The van der Waals surface area contributed by atoms with Crippen molar-refractivity contribution in [3.63, 3.8) is 0 Å². The van der Waals surface area contributed by atoms with Gasteiger partial charge in [0, 0.05) is 24.0 Å². The lowest BCUT2D eigenvalue weighted by Gasteiger charge is -2.09. The van der Waals surface area contributed by atoms with E-state index in [4.69, 9.17) is 4.84 Å². The van der Waals surface area contributed by atoms with E-state index in [9.17, 15) is 10.2 Å². The van der Waals surface area contributed by atoms with Crippen molar-refractivity contribution in [1.82, 2.24) is 0 Å². The Bertz CT molecular complexity index is 485. The number of hydrogen-bond acceptors (Lipinski definition) is 4. The van der Waals surface area contributed by atoms with Crippen LogP contribution >= 0.6 is 0 Å². The summed E-state index contributed by atoms with van der Waals surface area (Å²) in [6.45, 7) is 0.750. The van der Waals surface area contributed by atoms with Crippen LogP contribution in [-0.2, 0) is 4.84 Å². The van der Waals surface area contributed by atoms with Crippen molar-refractivity contribution in [2.24, 2.45) is 17.0 Å². The zero-order valence-corrected chi connectivity index (χ0v) is 13.2. The molecule has 2 saturated carbocycles. The quantitative estimate of drug-likeness (QED) is 0.227. The first-order chi connectivity index (χ1) is 10.2. The number of oxime groups is 1. The average molecular weight is 327 g/mol. The van der Waals surface area contributed by atoms with Crippen molar-refractivity contribution >= 4 is 11.4 Å². The molecular formula is C16H23ClN2O3.